The minimum absolute atomic E-state index is 0.122. The van der Waals surface area contributed by atoms with Gasteiger partial charge in [-0.05, 0) is 108 Å². The van der Waals surface area contributed by atoms with Gasteiger partial charge in [0, 0.05) is 51.4 Å². The van der Waals surface area contributed by atoms with Crippen LogP contribution in [0.15, 0.2) is 47.4 Å². The topological polar surface area (TPSA) is 91.4 Å². The summed E-state index contributed by atoms with van der Waals surface area (Å²) in [6.07, 6.45) is 6.41. The molecule has 0 spiro atoms. The molecule has 254 valence electrons. The van der Waals surface area contributed by atoms with Gasteiger partial charge in [0.1, 0.15) is 11.9 Å². The van der Waals surface area contributed by atoms with Gasteiger partial charge in [-0.3, -0.25) is 9.69 Å². The molecule has 2 saturated heterocycles. The van der Waals surface area contributed by atoms with Crippen LogP contribution in [0.4, 0.5) is 0 Å². The molecule has 2 aromatic rings. The summed E-state index contributed by atoms with van der Waals surface area (Å²) in [7, 11) is 0.102. The molecule has 2 heterocycles. The van der Waals surface area contributed by atoms with E-state index in [-0.39, 0.29) is 24.1 Å². The van der Waals surface area contributed by atoms with Crippen molar-refractivity contribution in [1.82, 2.24) is 19.4 Å². The first-order valence-electron chi connectivity index (χ1n) is 17.1. The van der Waals surface area contributed by atoms with Crippen molar-refractivity contribution >= 4 is 15.9 Å². The van der Waals surface area contributed by atoms with Crippen LogP contribution in [0.5, 0.6) is 5.75 Å². The number of piperazine rings is 1. The molecule has 2 aromatic carbocycles. The van der Waals surface area contributed by atoms with E-state index in [2.05, 4.69) is 52.5 Å². The third kappa shape index (κ3) is 8.13. The minimum atomic E-state index is -3.69. The molecule has 10 heteroatoms. The number of hydrogen-bond donors (Lipinski definition) is 1. The second kappa shape index (κ2) is 15.2. The molecule has 9 nitrogen and oxygen atoms in total. The monoisotopic (exact) mass is 654 g/mol. The maximum atomic E-state index is 13.5. The number of benzene rings is 2. The zero-order chi connectivity index (χ0) is 32.9. The number of carbonyl (C=O) groups excluding carboxylic acids is 1. The van der Waals surface area contributed by atoms with Gasteiger partial charge < -0.3 is 19.7 Å². The fourth-order valence-corrected chi connectivity index (χ4v) is 9.67. The number of carbonyl (C=O) groups is 1. The third-order valence-electron chi connectivity index (χ3n) is 10.6. The molecule has 1 saturated carbocycles. The van der Waals surface area contributed by atoms with Crippen molar-refractivity contribution < 1.29 is 22.7 Å². The highest BCUT2D eigenvalue weighted by molar-refractivity contribution is 7.89. The van der Waals surface area contributed by atoms with Gasteiger partial charge in [0.05, 0.1) is 18.1 Å². The van der Waals surface area contributed by atoms with Gasteiger partial charge in [0.2, 0.25) is 15.9 Å². The van der Waals surface area contributed by atoms with Crippen molar-refractivity contribution in [2.75, 3.05) is 60.0 Å². The number of likely N-dealkylation sites (N-methyl/N-ethyl adjacent to an activating group) is 1. The molecule has 2 aliphatic heterocycles. The smallest absolute Gasteiger partial charge is 0.248 e. The predicted molar refractivity (Wildman–Crippen MR) is 182 cm³/mol. The van der Waals surface area contributed by atoms with E-state index in [1.165, 1.54) is 16.3 Å². The van der Waals surface area contributed by atoms with Gasteiger partial charge in [0.25, 0.3) is 0 Å². The zero-order valence-corrected chi connectivity index (χ0v) is 29.3. The summed E-state index contributed by atoms with van der Waals surface area (Å²) in [5, 5.41) is 3.16. The first kappa shape index (κ1) is 34.8. The summed E-state index contributed by atoms with van der Waals surface area (Å²) in [5.74, 6) is 0.974. The summed E-state index contributed by atoms with van der Waals surface area (Å²) < 4.78 is 40.0. The lowest BCUT2D eigenvalue weighted by Crippen LogP contribution is -2.58. The lowest BCUT2D eigenvalue weighted by Gasteiger charge is -2.51. The molecule has 1 N–H and O–H groups in total. The molecule has 1 amide bonds. The van der Waals surface area contributed by atoms with Gasteiger partial charge in [-0.25, -0.2) is 8.42 Å². The Hall–Kier alpha value is -2.50. The zero-order valence-electron chi connectivity index (χ0n) is 28.5. The number of nitrogens with zero attached hydrogens (tertiary/aromatic N) is 3. The van der Waals surface area contributed by atoms with Crippen molar-refractivity contribution in [1.29, 1.82) is 0 Å². The van der Waals surface area contributed by atoms with E-state index in [9.17, 15) is 13.2 Å². The molecule has 3 fully saturated rings. The summed E-state index contributed by atoms with van der Waals surface area (Å²) in [4.78, 5) is 18.6. The fraction of sp³-hybridized carbons (Fsp3) is 0.639. The first-order valence-corrected chi connectivity index (χ1v) is 18.5. The van der Waals surface area contributed by atoms with E-state index in [1.54, 1.807) is 40.0 Å². The predicted octanol–water partition coefficient (Wildman–Crippen LogP) is 4.41. The molecule has 0 bridgehead atoms. The average molecular weight is 655 g/mol. The molecule has 0 radical (unpaired) electrons. The number of methoxy groups -OCH3 is 1. The van der Waals surface area contributed by atoms with E-state index >= 15 is 0 Å². The van der Waals surface area contributed by atoms with Crippen molar-refractivity contribution in [3.8, 4) is 5.75 Å². The van der Waals surface area contributed by atoms with Crippen LogP contribution in [0, 0.1) is 19.8 Å². The summed E-state index contributed by atoms with van der Waals surface area (Å²) >= 11 is 0. The SMILES string of the molecule is COc1cc(C)c(S(=O)(=O)N2CCC(OC(C)C(=O)NCC3CCC(CCc4ccccc4)(N4CCN(C)CC4)CC3)C2)c(C)c1. The Balaban J connectivity index is 1.10. The fourth-order valence-electron chi connectivity index (χ4n) is 7.78. The highest BCUT2D eigenvalue weighted by atomic mass is 32.2. The Labute approximate surface area is 276 Å². The standard InChI is InChI=1S/C36H54N4O5S/c1-27-23-33(44-5)24-28(2)34(27)46(42,43)40-18-14-32(26-40)45-29(3)35(41)37-25-31-12-16-36(17-13-31,39-21-19-38(4)20-22-39)15-11-30-9-7-6-8-10-30/h6-10,23-24,29,31-32H,11-22,25-26H2,1-5H3,(H,37,41). The van der Waals surface area contributed by atoms with Crippen LogP contribution in [0.25, 0.3) is 0 Å². The third-order valence-corrected chi connectivity index (χ3v) is 12.8. The number of nitrogens with one attached hydrogen (secondary N) is 1. The molecule has 46 heavy (non-hydrogen) atoms. The minimum Gasteiger partial charge on any atom is -0.497 e. The number of sulfonamides is 1. The van der Waals surface area contributed by atoms with Gasteiger partial charge in [-0.2, -0.15) is 4.31 Å². The van der Waals surface area contributed by atoms with Gasteiger partial charge in [-0.15, -0.1) is 0 Å². The van der Waals surface area contributed by atoms with E-state index in [0.717, 1.165) is 58.3 Å². The van der Waals surface area contributed by atoms with Gasteiger partial charge in [-0.1, -0.05) is 30.3 Å². The Morgan fingerprint density at radius 1 is 1.00 bits per heavy atom. The molecule has 1 aliphatic carbocycles. The molecule has 3 aliphatic rings. The molecule has 5 rings (SSSR count). The van der Waals surface area contributed by atoms with Crippen molar-refractivity contribution in [3.63, 3.8) is 0 Å². The Bertz CT molecular complexity index is 1400. The van der Waals surface area contributed by atoms with E-state index < -0.39 is 16.1 Å². The number of aryl methyl sites for hydroxylation is 3. The molecular weight excluding hydrogens is 600 g/mol. The maximum Gasteiger partial charge on any atom is 0.248 e. The van der Waals surface area contributed by atoms with Gasteiger partial charge in [0.15, 0.2) is 0 Å². The molecular formula is C36H54N4O5S. The number of ether oxygens (including phenoxy) is 2. The van der Waals surface area contributed by atoms with Crippen LogP contribution in [0.2, 0.25) is 0 Å². The molecule has 2 atom stereocenters. The number of hydrogen-bond acceptors (Lipinski definition) is 7. The first-order chi connectivity index (χ1) is 22.0. The number of rotatable bonds is 12. The van der Waals surface area contributed by atoms with Gasteiger partial charge >= 0.3 is 0 Å². The van der Waals surface area contributed by atoms with Crippen LogP contribution in [0.1, 0.15) is 62.1 Å². The van der Waals surface area contributed by atoms with Crippen LogP contribution < -0.4 is 10.1 Å². The lowest BCUT2D eigenvalue weighted by molar-refractivity contribution is -0.135. The lowest BCUT2D eigenvalue weighted by atomic mass is 9.72. The van der Waals surface area contributed by atoms with Crippen LogP contribution in [-0.4, -0.2) is 106 Å². The quantitative estimate of drug-likeness (QED) is 0.363. The second-order valence-corrected chi connectivity index (χ2v) is 15.7. The molecule has 0 aromatic heterocycles. The van der Waals surface area contributed by atoms with Crippen molar-refractivity contribution in [2.45, 2.75) is 88.4 Å². The Kier molecular flexibility index (Phi) is 11.5. The molecule has 2 unspecified atom stereocenters. The highest BCUT2D eigenvalue weighted by Gasteiger charge is 2.41. The number of amides is 1. The maximum absolute atomic E-state index is 13.5. The average Bonchev–Trinajstić information content (AvgIpc) is 3.53. The summed E-state index contributed by atoms with van der Waals surface area (Å²) in [6, 6.07) is 14.3. The van der Waals surface area contributed by atoms with E-state index in [1.807, 2.05) is 0 Å². The Morgan fingerprint density at radius 2 is 1.65 bits per heavy atom. The van der Waals surface area contributed by atoms with Crippen molar-refractivity contribution in [2.24, 2.45) is 5.92 Å². The van der Waals surface area contributed by atoms with Crippen molar-refractivity contribution in [3.05, 3.63) is 59.2 Å². The normalized spacial score (nSPS) is 25.8. The van der Waals surface area contributed by atoms with Crippen LogP contribution in [0.3, 0.4) is 0 Å². The Morgan fingerprint density at radius 3 is 2.28 bits per heavy atom. The largest absolute Gasteiger partial charge is 0.497 e. The highest BCUT2D eigenvalue weighted by Crippen LogP contribution is 2.40. The van der Waals surface area contributed by atoms with Crippen LogP contribution in [-0.2, 0) is 26.0 Å². The van der Waals surface area contributed by atoms with E-state index in [0.29, 0.717) is 47.2 Å². The van der Waals surface area contributed by atoms with Crippen LogP contribution >= 0.6 is 0 Å². The summed E-state index contributed by atoms with van der Waals surface area (Å²) in [6.45, 7) is 11.1. The summed E-state index contributed by atoms with van der Waals surface area (Å²) in [5.41, 5.74) is 2.96. The second-order valence-electron chi connectivity index (χ2n) is 13.8. The van der Waals surface area contributed by atoms with E-state index in [4.69, 9.17) is 9.47 Å².